The third-order valence-electron chi connectivity index (χ3n) is 4.79. The van der Waals surface area contributed by atoms with Gasteiger partial charge < -0.3 is 25.0 Å². The SMILES string of the molecule is CN=C(NCCCCN(C)C(C)C)NCCCOCC1CCOCC1. The number of rotatable bonds is 12. The fourth-order valence-electron chi connectivity index (χ4n) is 2.72. The summed E-state index contributed by atoms with van der Waals surface area (Å²) in [6.45, 7) is 10.9. The molecule has 0 aromatic carbocycles. The molecular formula is C19H40N4O2. The molecule has 1 saturated heterocycles. The van der Waals surface area contributed by atoms with Gasteiger partial charge in [-0.05, 0) is 65.5 Å². The molecule has 1 heterocycles. The lowest BCUT2D eigenvalue weighted by Gasteiger charge is -2.21. The molecule has 0 aromatic heterocycles. The molecule has 6 heteroatoms. The lowest BCUT2D eigenvalue weighted by atomic mass is 10.0. The smallest absolute Gasteiger partial charge is 0.190 e. The van der Waals surface area contributed by atoms with E-state index in [1.165, 1.54) is 6.42 Å². The molecule has 25 heavy (non-hydrogen) atoms. The van der Waals surface area contributed by atoms with E-state index in [9.17, 15) is 0 Å². The average molecular weight is 357 g/mol. The van der Waals surface area contributed by atoms with E-state index >= 15 is 0 Å². The van der Waals surface area contributed by atoms with Gasteiger partial charge in [0.15, 0.2) is 5.96 Å². The monoisotopic (exact) mass is 356 g/mol. The first-order chi connectivity index (χ1) is 12.1. The second-order valence-corrected chi connectivity index (χ2v) is 7.19. The van der Waals surface area contributed by atoms with Crippen molar-refractivity contribution in [2.75, 3.05) is 60.2 Å². The number of guanidine groups is 1. The predicted molar refractivity (Wildman–Crippen MR) is 105 cm³/mol. The van der Waals surface area contributed by atoms with Gasteiger partial charge in [0, 0.05) is 52.6 Å². The molecule has 2 N–H and O–H groups in total. The van der Waals surface area contributed by atoms with Crippen LogP contribution in [0.1, 0.15) is 46.0 Å². The highest BCUT2D eigenvalue weighted by atomic mass is 16.5. The second kappa shape index (κ2) is 14.3. The van der Waals surface area contributed by atoms with Crippen molar-refractivity contribution in [3.8, 4) is 0 Å². The number of nitrogens with zero attached hydrogens (tertiary/aromatic N) is 2. The van der Waals surface area contributed by atoms with Gasteiger partial charge in [-0.1, -0.05) is 0 Å². The van der Waals surface area contributed by atoms with Crippen LogP contribution in [0.5, 0.6) is 0 Å². The lowest BCUT2D eigenvalue weighted by molar-refractivity contribution is 0.0203. The van der Waals surface area contributed by atoms with Crippen LogP contribution in [-0.2, 0) is 9.47 Å². The van der Waals surface area contributed by atoms with E-state index < -0.39 is 0 Å². The van der Waals surface area contributed by atoms with Gasteiger partial charge in [0.05, 0.1) is 0 Å². The van der Waals surface area contributed by atoms with Crippen molar-refractivity contribution in [2.45, 2.75) is 52.0 Å². The minimum atomic E-state index is 0.621. The molecular weight excluding hydrogens is 316 g/mol. The molecule has 0 atom stereocenters. The van der Waals surface area contributed by atoms with Crippen LogP contribution in [0.25, 0.3) is 0 Å². The first kappa shape index (κ1) is 22.2. The molecule has 0 bridgehead atoms. The molecule has 148 valence electrons. The topological polar surface area (TPSA) is 58.1 Å². The lowest BCUT2D eigenvalue weighted by Crippen LogP contribution is -2.38. The Morgan fingerprint density at radius 2 is 1.84 bits per heavy atom. The number of ether oxygens (including phenoxy) is 2. The van der Waals surface area contributed by atoms with E-state index in [-0.39, 0.29) is 0 Å². The van der Waals surface area contributed by atoms with Crippen LogP contribution in [-0.4, -0.2) is 77.1 Å². The number of nitrogens with one attached hydrogen (secondary N) is 2. The third-order valence-corrected chi connectivity index (χ3v) is 4.79. The zero-order valence-corrected chi connectivity index (χ0v) is 16.9. The Morgan fingerprint density at radius 1 is 1.16 bits per heavy atom. The Bertz CT molecular complexity index is 344. The van der Waals surface area contributed by atoms with Gasteiger partial charge >= 0.3 is 0 Å². The Morgan fingerprint density at radius 3 is 2.48 bits per heavy atom. The van der Waals surface area contributed by atoms with Crippen molar-refractivity contribution in [1.82, 2.24) is 15.5 Å². The fourth-order valence-corrected chi connectivity index (χ4v) is 2.72. The summed E-state index contributed by atoms with van der Waals surface area (Å²) in [5.74, 6) is 1.58. The standard InChI is InChI=1S/C19H40N4O2/c1-17(2)23(4)12-6-5-10-21-19(20-3)22-11-7-13-25-16-18-8-14-24-15-9-18/h17-18H,5-16H2,1-4H3,(H2,20,21,22). The van der Waals surface area contributed by atoms with Crippen LogP contribution < -0.4 is 10.6 Å². The van der Waals surface area contributed by atoms with Crippen molar-refractivity contribution >= 4 is 5.96 Å². The minimum Gasteiger partial charge on any atom is -0.381 e. The molecule has 0 unspecified atom stereocenters. The summed E-state index contributed by atoms with van der Waals surface area (Å²) in [4.78, 5) is 6.65. The normalized spacial score (nSPS) is 16.6. The van der Waals surface area contributed by atoms with Crippen molar-refractivity contribution in [2.24, 2.45) is 10.9 Å². The number of unbranched alkanes of at least 4 members (excludes halogenated alkanes) is 1. The third kappa shape index (κ3) is 11.4. The maximum Gasteiger partial charge on any atom is 0.190 e. The molecule has 0 aromatic rings. The first-order valence-electron chi connectivity index (χ1n) is 9.93. The van der Waals surface area contributed by atoms with E-state index in [0.717, 1.165) is 77.7 Å². The van der Waals surface area contributed by atoms with Crippen molar-refractivity contribution in [1.29, 1.82) is 0 Å². The average Bonchev–Trinajstić information content (AvgIpc) is 2.63. The molecule has 1 rings (SSSR count). The molecule has 1 fully saturated rings. The van der Waals surface area contributed by atoms with Crippen LogP contribution in [0.2, 0.25) is 0 Å². The van der Waals surface area contributed by atoms with Crippen LogP contribution >= 0.6 is 0 Å². The van der Waals surface area contributed by atoms with E-state index in [1.807, 2.05) is 7.05 Å². The molecule has 0 radical (unpaired) electrons. The zero-order chi connectivity index (χ0) is 18.3. The molecule has 0 amide bonds. The maximum absolute atomic E-state index is 5.78. The van der Waals surface area contributed by atoms with E-state index in [2.05, 4.69) is 41.4 Å². The van der Waals surface area contributed by atoms with Crippen molar-refractivity contribution in [3.63, 3.8) is 0 Å². The first-order valence-corrected chi connectivity index (χ1v) is 9.93. The summed E-state index contributed by atoms with van der Waals surface area (Å²) in [6, 6.07) is 0.621. The van der Waals surface area contributed by atoms with Crippen LogP contribution in [0, 0.1) is 5.92 Å². The van der Waals surface area contributed by atoms with Crippen molar-refractivity contribution < 1.29 is 9.47 Å². The van der Waals surface area contributed by atoms with Gasteiger partial charge in [0.1, 0.15) is 0 Å². The predicted octanol–water partition coefficient (Wildman–Crippen LogP) is 2.11. The number of hydrogen-bond acceptors (Lipinski definition) is 4. The quantitative estimate of drug-likeness (QED) is 0.319. The Hall–Kier alpha value is -0.850. The summed E-state index contributed by atoms with van der Waals surface area (Å²) in [5.41, 5.74) is 0. The highest BCUT2D eigenvalue weighted by Crippen LogP contribution is 2.14. The highest BCUT2D eigenvalue weighted by Gasteiger charge is 2.13. The highest BCUT2D eigenvalue weighted by molar-refractivity contribution is 5.79. The Kier molecular flexibility index (Phi) is 12.7. The molecule has 0 saturated carbocycles. The van der Waals surface area contributed by atoms with Gasteiger partial charge in [-0.2, -0.15) is 0 Å². The zero-order valence-electron chi connectivity index (χ0n) is 16.9. The van der Waals surface area contributed by atoms with Crippen molar-refractivity contribution in [3.05, 3.63) is 0 Å². The van der Waals surface area contributed by atoms with Crippen LogP contribution in [0.3, 0.4) is 0 Å². The Labute approximate surface area is 154 Å². The molecule has 0 aliphatic carbocycles. The molecule has 1 aliphatic heterocycles. The summed E-state index contributed by atoms with van der Waals surface area (Å²) < 4.78 is 11.1. The van der Waals surface area contributed by atoms with Gasteiger partial charge in [-0.15, -0.1) is 0 Å². The maximum atomic E-state index is 5.78. The van der Waals surface area contributed by atoms with E-state index in [4.69, 9.17) is 9.47 Å². The van der Waals surface area contributed by atoms with Gasteiger partial charge in [0.2, 0.25) is 0 Å². The second-order valence-electron chi connectivity index (χ2n) is 7.19. The summed E-state index contributed by atoms with van der Waals surface area (Å²) in [6.07, 6.45) is 5.65. The number of aliphatic imine (C=N–C) groups is 1. The minimum absolute atomic E-state index is 0.621. The fraction of sp³-hybridized carbons (Fsp3) is 0.947. The van der Waals surface area contributed by atoms with Gasteiger partial charge in [-0.25, -0.2) is 0 Å². The molecule has 0 spiro atoms. The summed E-state index contributed by atoms with van der Waals surface area (Å²) in [5, 5.41) is 6.73. The molecule has 6 nitrogen and oxygen atoms in total. The number of hydrogen-bond donors (Lipinski definition) is 2. The van der Waals surface area contributed by atoms with Crippen LogP contribution in [0.15, 0.2) is 4.99 Å². The largest absolute Gasteiger partial charge is 0.381 e. The van der Waals surface area contributed by atoms with Crippen LogP contribution in [0.4, 0.5) is 0 Å². The Balaban J connectivity index is 1.93. The van der Waals surface area contributed by atoms with E-state index in [1.54, 1.807) is 0 Å². The summed E-state index contributed by atoms with van der Waals surface area (Å²) in [7, 11) is 4.01. The van der Waals surface area contributed by atoms with Gasteiger partial charge in [0.25, 0.3) is 0 Å². The van der Waals surface area contributed by atoms with Gasteiger partial charge in [-0.3, -0.25) is 4.99 Å². The molecule has 1 aliphatic rings. The van der Waals surface area contributed by atoms with E-state index in [0.29, 0.717) is 12.0 Å². The summed E-state index contributed by atoms with van der Waals surface area (Å²) >= 11 is 0.